The van der Waals surface area contributed by atoms with E-state index in [0.29, 0.717) is 0 Å². The summed E-state index contributed by atoms with van der Waals surface area (Å²) < 4.78 is 10.8. The third-order valence-electron chi connectivity index (χ3n) is 3.54. The van der Waals surface area contributed by atoms with Crippen molar-refractivity contribution >= 4 is 17.4 Å². The van der Waals surface area contributed by atoms with Crippen LogP contribution in [0.5, 0.6) is 0 Å². The lowest BCUT2D eigenvalue weighted by molar-refractivity contribution is 0.0589. The van der Waals surface area contributed by atoms with Crippen LogP contribution in [0.4, 0.5) is 10.5 Å². The third kappa shape index (κ3) is 4.86. The number of carbonyl (C=O) groups excluding carboxylic acids is 1. The fraction of sp³-hybridized carbons (Fsp3) is 0.286. The predicted octanol–water partition coefficient (Wildman–Crippen LogP) is 5.09. The summed E-state index contributed by atoms with van der Waals surface area (Å²) in [6.45, 7) is 5.56. The van der Waals surface area contributed by atoms with Gasteiger partial charge in [0.1, 0.15) is 5.60 Å². The van der Waals surface area contributed by atoms with Crippen LogP contribution >= 0.6 is 0 Å². The average molecular weight is 339 g/mol. The number of anilines is 1. The number of methoxy groups -OCH3 is 1. The zero-order valence-corrected chi connectivity index (χ0v) is 15.4. The largest absolute Gasteiger partial charge is 0.504 e. The van der Waals surface area contributed by atoms with Crippen LogP contribution < -0.4 is 4.90 Å². The number of amides is 1. The summed E-state index contributed by atoms with van der Waals surface area (Å²) >= 11 is 0. The summed E-state index contributed by atoms with van der Waals surface area (Å²) in [5.41, 5.74) is 3.00. The van der Waals surface area contributed by atoms with Crippen LogP contribution in [0.2, 0.25) is 0 Å². The minimum atomic E-state index is -0.551. The van der Waals surface area contributed by atoms with Gasteiger partial charge in [-0.3, -0.25) is 4.90 Å². The maximum absolute atomic E-state index is 12.5. The molecular weight excluding hydrogens is 314 g/mol. The van der Waals surface area contributed by atoms with Gasteiger partial charge < -0.3 is 9.47 Å². The molecule has 0 aliphatic heterocycles. The molecule has 0 spiro atoms. The van der Waals surface area contributed by atoms with E-state index in [1.54, 1.807) is 20.4 Å². The van der Waals surface area contributed by atoms with Crippen molar-refractivity contribution in [2.24, 2.45) is 0 Å². The van der Waals surface area contributed by atoms with Crippen LogP contribution in [0.3, 0.4) is 0 Å². The first-order valence-corrected chi connectivity index (χ1v) is 8.18. The van der Waals surface area contributed by atoms with E-state index in [0.717, 1.165) is 22.4 Å². The highest BCUT2D eigenvalue weighted by Crippen LogP contribution is 2.32. The first-order chi connectivity index (χ1) is 11.8. The fourth-order valence-corrected chi connectivity index (χ4v) is 2.45. The summed E-state index contributed by atoms with van der Waals surface area (Å²) in [6.07, 6.45) is 1.29. The summed E-state index contributed by atoms with van der Waals surface area (Å²) in [5.74, 6) is 0. The highest BCUT2D eigenvalue weighted by molar-refractivity contribution is 5.94. The Bertz CT molecular complexity index is 745. The molecule has 0 radical (unpaired) electrons. The van der Waals surface area contributed by atoms with Crippen LogP contribution in [-0.2, 0) is 9.47 Å². The van der Waals surface area contributed by atoms with Gasteiger partial charge >= 0.3 is 6.09 Å². The molecular formula is C21H25NO3. The molecule has 132 valence electrons. The molecule has 0 fully saturated rings. The Balaban J connectivity index is 2.46. The Labute approximate surface area is 149 Å². The smallest absolute Gasteiger partial charge is 0.414 e. The fourth-order valence-electron chi connectivity index (χ4n) is 2.45. The lowest BCUT2D eigenvalue weighted by Gasteiger charge is -2.26. The standard InChI is InChI=1S/C21H25NO3/c1-21(2,3)25-20(23)22(4)19-14-10-9-13-17(19)18(15-24-5)16-11-7-6-8-12-16/h6-15H,1-5H3/b18-15+. The summed E-state index contributed by atoms with van der Waals surface area (Å²) in [7, 11) is 3.32. The van der Waals surface area contributed by atoms with Gasteiger partial charge in [-0.15, -0.1) is 0 Å². The molecule has 0 unspecified atom stereocenters. The van der Waals surface area contributed by atoms with Gasteiger partial charge in [0.05, 0.1) is 19.1 Å². The van der Waals surface area contributed by atoms with Crippen molar-refractivity contribution in [3.63, 3.8) is 0 Å². The Kier molecular flexibility index (Phi) is 5.86. The highest BCUT2D eigenvalue weighted by Gasteiger charge is 2.23. The van der Waals surface area contributed by atoms with E-state index in [1.807, 2.05) is 75.4 Å². The molecule has 0 bridgehead atoms. The number of nitrogens with zero attached hydrogens (tertiary/aromatic N) is 1. The van der Waals surface area contributed by atoms with Gasteiger partial charge in [-0.2, -0.15) is 0 Å². The molecule has 0 atom stereocenters. The second-order valence-electron chi connectivity index (χ2n) is 6.69. The molecule has 0 saturated heterocycles. The van der Waals surface area contributed by atoms with E-state index in [4.69, 9.17) is 9.47 Å². The minimum absolute atomic E-state index is 0.398. The molecule has 0 aliphatic carbocycles. The second-order valence-corrected chi connectivity index (χ2v) is 6.69. The molecule has 25 heavy (non-hydrogen) atoms. The van der Waals surface area contributed by atoms with Crippen LogP contribution in [0.1, 0.15) is 31.9 Å². The van der Waals surface area contributed by atoms with Gasteiger partial charge in [0.15, 0.2) is 0 Å². The quantitative estimate of drug-likeness (QED) is 0.728. The Morgan fingerprint density at radius 2 is 1.60 bits per heavy atom. The first-order valence-electron chi connectivity index (χ1n) is 8.18. The normalized spacial score (nSPS) is 11.8. The molecule has 2 rings (SSSR count). The van der Waals surface area contributed by atoms with Crippen molar-refractivity contribution in [3.05, 3.63) is 72.0 Å². The minimum Gasteiger partial charge on any atom is -0.504 e. The van der Waals surface area contributed by atoms with Crippen molar-refractivity contribution in [2.45, 2.75) is 26.4 Å². The highest BCUT2D eigenvalue weighted by atomic mass is 16.6. The predicted molar refractivity (Wildman–Crippen MR) is 102 cm³/mol. The molecule has 0 N–H and O–H groups in total. The van der Waals surface area contributed by atoms with Gasteiger partial charge in [0.25, 0.3) is 0 Å². The van der Waals surface area contributed by atoms with E-state index in [-0.39, 0.29) is 0 Å². The topological polar surface area (TPSA) is 38.8 Å². The van der Waals surface area contributed by atoms with Gasteiger partial charge in [-0.05, 0) is 32.4 Å². The van der Waals surface area contributed by atoms with Crippen molar-refractivity contribution in [1.82, 2.24) is 0 Å². The number of para-hydroxylation sites is 1. The van der Waals surface area contributed by atoms with Crippen molar-refractivity contribution < 1.29 is 14.3 Å². The van der Waals surface area contributed by atoms with Crippen LogP contribution in [0, 0.1) is 0 Å². The van der Waals surface area contributed by atoms with Crippen LogP contribution in [-0.4, -0.2) is 25.9 Å². The first kappa shape index (κ1) is 18.6. The molecule has 4 heteroatoms. The molecule has 2 aromatic carbocycles. The Hall–Kier alpha value is -2.75. The number of benzene rings is 2. The third-order valence-corrected chi connectivity index (χ3v) is 3.54. The molecule has 2 aromatic rings. The van der Waals surface area contributed by atoms with E-state index in [9.17, 15) is 4.79 Å². The van der Waals surface area contributed by atoms with Crippen molar-refractivity contribution in [1.29, 1.82) is 0 Å². The van der Waals surface area contributed by atoms with E-state index < -0.39 is 11.7 Å². The molecule has 0 aliphatic rings. The molecule has 0 heterocycles. The number of carbonyl (C=O) groups is 1. The monoisotopic (exact) mass is 339 g/mol. The summed E-state index contributed by atoms with van der Waals surface area (Å²) in [6, 6.07) is 17.6. The summed E-state index contributed by atoms with van der Waals surface area (Å²) in [4.78, 5) is 14.0. The van der Waals surface area contributed by atoms with Crippen LogP contribution in [0.15, 0.2) is 60.9 Å². The number of hydrogen-bond donors (Lipinski definition) is 0. The number of rotatable bonds is 4. The van der Waals surface area contributed by atoms with E-state index >= 15 is 0 Å². The van der Waals surface area contributed by atoms with Gasteiger partial charge in [0.2, 0.25) is 0 Å². The average Bonchev–Trinajstić information content (AvgIpc) is 2.58. The second kappa shape index (κ2) is 7.88. The maximum Gasteiger partial charge on any atom is 0.414 e. The summed E-state index contributed by atoms with van der Waals surface area (Å²) in [5, 5.41) is 0. The zero-order valence-electron chi connectivity index (χ0n) is 15.4. The van der Waals surface area contributed by atoms with Crippen molar-refractivity contribution in [2.75, 3.05) is 19.1 Å². The molecule has 0 aromatic heterocycles. The lowest BCUT2D eigenvalue weighted by atomic mass is 9.97. The van der Waals surface area contributed by atoms with Crippen LogP contribution in [0.25, 0.3) is 5.57 Å². The number of hydrogen-bond acceptors (Lipinski definition) is 3. The SMILES string of the molecule is CO/C=C(\c1ccccc1)c1ccccc1N(C)C(=O)OC(C)(C)C. The molecule has 1 amide bonds. The van der Waals surface area contributed by atoms with E-state index in [1.165, 1.54) is 4.90 Å². The van der Waals surface area contributed by atoms with Gasteiger partial charge in [0, 0.05) is 18.2 Å². The lowest BCUT2D eigenvalue weighted by Crippen LogP contribution is -2.34. The maximum atomic E-state index is 12.5. The molecule has 0 saturated carbocycles. The van der Waals surface area contributed by atoms with Gasteiger partial charge in [-0.25, -0.2) is 4.79 Å². The van der Waals surface area contributed by atoms with Gasteiger partial charge in [-0.1, -0.05) is 48.5 Å². The zero-order chi connectivity index (χ0) is 18.4. The van der Waals surface area contributed by atoms with Crippen molar-refractivity contribution in [3.8, 4) is 0 Å². The number of ether oxygens (including phenoxy) is 2. The Morgan fingerprint density at radius 1 is 1.00 bits per heavy atom. The molecule has 4 nitrogen and oxygen atoms in total. The van der Waals surface area contributed by atoms with E-state index in [2.05, 4.69) is 0 Å². The Morgan fingerprint density at radius 3 is 2.20 bits per heavy atom.